The van der Waals surface area contributed by atoms with Gasteiger partial charge in [0.25, 0.3) is 5.91 Å². The van der Waals surface area contributed by atoms with Crippen molar-refractivity contribution in [1.29, 1.82) is 0 Å². The molecule has 0 aliphatic carbocycles. The third kappa shape index (κ3) is 4.14. The van der Waals surface area contributed by atoms with E-state index in [9.17, 15) is 14.0 Å². The standard InChI is InChI=1S/C16H15FN2O2/c1-11-5-2-3-8-14(11)16(21)19-18-15(20)10-12-6-4-7-13(17)9-12/h2-9H,10H2,1H3,(H,18,20)(H,19,21). The Hall–Kier alpha value is -2.69. The molecule has 21 heavy (non-hydrogen) atoms. The molecule has 0 aliphatic rings. The van der Waals surface area contributed by atoms with E-state index in [1.165, 1.54) is 18.2 Å². The number of amides is 2. The summed E-state index contributed by atoms with van der Waals surface area (Å²) in [5.41, 5.74) is 6.50. The molecular formula is C16H15FN2O2. The second-order valence-corrected chi connectivity index (χ2v) is 4.62. The number of aryl methyl sites for hydroxylation is 1. The molecule has 5 heteroatoms. The maximum atomic E-state index is 13.0. The van der Waals surface area contributed by atoms with Gasteiger partial charge in [0.15, 0.2) is 0 Å². The molecule has 2 amide bonds. The molecular weight excluding hydrogens is 271 g/mol. The number of nitrogens with one attached hydrogen (secondary N) is 2. The number of benzene rings is 2. The summed E-state index contributed by atoms with van der Waals surface area (Å²) in [5, 5.41) is 0. The third-order valence-electron chi connectivity index (χ3n) is 2.96. The molecule has 0 radical (unpaired) electrons. The lowest BCUT2D eigenvalue weighted by Gasteiger charge is -2.09. The molecule has 0 fully saturated rings. The molecule has 0 unspecified atom stereocenters. The lowest BCUT2D eigenvalue weighted by Crippen LogP contribution is -2.42. The minimum atomic E-state index is -0.414. The Morgan fingerprint density at radius 1 is 1.05 bits per heavy atom. The van der Waals surface area contributed by atoms with E-state index in [0.29, 0.717) is 11.1 Å². The summed E-state index contributed by atoms with van der Waals surface area (Å²) >= 11 is 0. The van der Waals surface area contributed by atoms with Gasteiger partial charge in [-0.3, -0.25) is 20.4 Å². The minimum absolute atomic E-state index is 0.00812. The Labute approximate surface area is 122 Å². The van der Waals surface area contributed by atoms with E-state index in [0.717, 1.165) is 5.56 Å². The summed E-state index contributed by atoms with van der Waals surface area (Å²) < 4.78 is 13.0. The normalized spacial score (nSPS) is 10.0. The van der Waals surface area contributed by atoms with E-state index in [2.05, 4.69) is 10.9 Å². The van der Waals surface area contributed by atoms with Crippen LogP contribution in [0.15, 0.2) is 48.5 Å². The number of carbonyl (C=O) groups excluding carboxylic acids is 2. The van der Waals surface area contributed by atoms with Gasteiger partial charge in [-0.05, 0) is 36.2 Å². The van der Waals surface area contributed by atoms with Gasteiger partial charge in [0, 0.05) is 5.56 Å². The first-order valence-corrected chi connectivity index (χ1v) is 6.45. The monoisotopic (exact) mass is 286 g/mol. The number of carbonyl (C=O) groups is 2. The van der Waals surface area contributed by atoms with Gasteiger partial charge in [-0.2, -0.15) is 0 Å². The van der Waals surface area contributed by atoms with E-state index in [1.54, 1.807) is 18.2 Å². The van der Waals surface area contributed by atoms with Gasteiger partial charge < -0.3 is 0 Å². The second kappa shape index (κ2) is 6.65. The van der Waals surface area contributed by atoms with E-state index < -0.39 is 11.7 Å². The molecule has 0 saturated carbocycles. The molecule has 108 valence electrons. The van der Waals surface area contributed by atoms with Crippen LogP contribution in [0.2, 0.25) is 0 Å². The predicted octanol–water partition coefficient (Wildman–Crippen LogP) is 2.14. The van der Waals surface area contributed by atoms with Crippen molar-refractivity contribution in [3.05, 3.63) is 71.0 Å². The van der Waals surface area contributed by atoms with Gasteiger partial charge in [-0.1, -0.05) is 30.3 Å². The van der Waals surface area contributed by atoms with Crippen molar-refractivity contribution in [2.24, 2.45) is 0 Å². The summed E-state index contributed by atoms with van der Waals surface area (Å²) in [5.74, 6) is -1.20. The molecule has 2 aromatic carbocycles. The SMILES string of the molecule is Cc1ccccc1C(=O)NNC(=O)Cc1cccc(F)c1. The Balaban J connectivity index is 1.90. The lowest BCUT2D eigenvalue weighted by molar-refractivity contribution is -0.121. The van der Waals surface area contributed by atoms with Crippen molar-refractivity contribution in [3.8, 4) is 0 Å². The van der Waals surface area contributed by atoms with E-state index in [4.69, 9.17) is 0 Å². The molecule has 0 saturated heterocycles. The molecule has 4 nitrogen and oxygen atoms in total. The first kappa shape index (κ1) is 14.7. The number of hydrogen-bond acceptors (Lipinski definition) is 2. The fraction of sp³-hybridized carbons (Fsp3) is 0.125. The molecule has 2 N–H and O–H groups in total. The van der Waals surface area contributed by atoms with Crippen LogP contribution in [0, 0.1) is 12.7 Å². The summed E-state index contributed by atoms with van der Waals surface area (Å²) in [6.07, 6.45) is -0.00812. The van der Waals surface area contributed by atoms with Crippen LogP contribution in [0.5, 0.6) is 0 Å². The molecule has 0 heterocycles. The third-order valence-corrected chi connectivity index (χ3v) is 2.96. The molecule has 0 bridgehead atoms. The van der Waals surface area contributed by atoms with Crippen LogP contribution >= 0.6 is 0 Å². The van der Waals surface area contributed by atoms with Crippen molar-refractivity contribution >= 4 is 11.8 Å². The van der Waals surface area contributed by atoms with Gasteiger partial charge >= 0.3 is 0 Å². The van der Waals surface area contributed by atoms with Crippen molar-refractivity contribution < 1.29 is 14.0 Å². The molecule has 0 spiro atoms. The number of rotatable bonds is 3. The highest BCUT2D eigenvalue weighted by Gasteiger charge is 2.09. The van der Waals surface area contributed by atoms with Crippen molar-refractivity contribution in [3.63, 3.8) is 0 Å². The zero-order valence-electron chi connectivity index (χ0n) is 11.5. The molecule has 2 rings (SSSR count). The fourth-order valence-corrected chi connectivity index (χ4v) is 1.90. The van der Waals surface area contributed by atoms with Gasteiger partial charge in [0.05, 0.1) is 6.42 Å². The average Bonchev–Trinajstić information content (AvgIpc) is 2.45. The highest BCUT2D eigenvalue weighted by Crippen LogP contribution is 2.06. The van der Waals surface area contributed by atoms with Crippen LogP contribution in [0.1, 0.15) is 21.5 Å². The van der Waals surface area contributed by atoms with Crippen molar-refractivity contribution in [2.75, 3.05) is 0 Å². The summed E-state index contributed by atoms with van der Waals surface area (Å²) in [6, 6.07) is 12.8. The Bertz CT molecular complexity index is 671. The Morgan fingerprint density at radius 2 is 1.81 bits per heavy atom. The topological polar surface area (TPSA) is 58.2 Å². The zero-order valence-corrected chi connectivity index (χ0v) is 11.5. The maximum absolute atomic E-state index is 13.0. The van der Waals surface area contributed by atoms with Gasteiger partial charge in [-0.25, -0.2) is 4.39 Å². The zero-order chi connectivity index (χ0) is 15.2. The number of halogens is 1. The largest absolute Gasteiger partial charge is 0.273 e. The molecule has 0 aliphatic heterocycles. The van der Waals surface area contributed by atoms with Crippen LogP contribution in [0.3, 0.4) is 0 Å². The van der Waals surface area contributed by atoms with Crippen LogP contribution in [-0.4, -0.2) is 11.8 Å². The van der Waals surface area contributed by atoms with Gasteiger partial charge in [0.2, 0.25) is 5.91 Å². The number of hydrazine groups is 1. The van der Waals surface area contributed by atoms with Gasteiger partial charge in [0.1, 0.15) is 5.82 Å². The highest BCUT2D eigenvalue weighted by molar-refractivity contribution is 5.96. The maximum Gasteiger partial charge on any atom is 0.269 e. The van der Waals surface area contributed by atoms with E-state index >= 15 is 0 Å². The quantitative estimate of drug-likeness (QED) is 0.849. The van der Waals surface area contributed by atoms with E-state index in [-0.39, 0.29) is 12.3 Å². The first-order valence-electron chi connectivity index (χ1n) is 6.45. The average molecular weight is 286 g/mol. The van der Waals surface area contributed by atoms with Crippen molar-refractivity contribution in [2.45, 2.75) is 13.3 Å². The Kier molecular flexibility index (Phi) is 4.66. The Morgan fingerprint density at radius 3 is 2.52 bits per heavy atom. The molecule has 0 atom stereocenters. The van der Waals surface area contributed by atoms with Crippen LogP contribution in [-0.2, 0) is 11.2 Å². The summed E-state index contributed by atoms with van der Waals surface area (Å²) in [7, 11) is 0. The fourth-order valence-electron chi connectivity index (χ4n) is 1.90. The smallest absolute Gasteiger partial charge is 0.269 e. The number of hydrogen-bond donors (Lipinski definition) is 2. The van der Waals surface area contributed by atoms with Crippen molar-refractivity contribution in [1.82, 2.24) is 10.9 Å². The minimum Gasteiger partial charge on any atom is -0.273 e. The summed E-state index contributed by atoms with van der Waals surface area (Å²) in [6.45, 7) is 1.81. The predicted molar refractivity (Wildman–Crippen MR) is 76.9 cm³/mol. The second-order valence-electron chi connectivity index (χ2n) is 4.62. The van der Waals surface area contributed by atoms with E-state index in [1.807, 2.05) is 19.1 Å². The molecule has 0 aromatic heterocycles. The van der Waals surface area contributed by atoms with Crippen LogP contribution < -0.4 is 10.9 Å². The first-order chi connectivity index (χ1) is 10.1. The van der Waals surface area contributed by atoms with Crippen LogP contribution in [0.25, 0.3) is 0 Å². The highest BCUT2D eigenvalue weighted by atomic mass is 19.1. The van der Waals surface area contributed by atoms with Crippen LogP contribution in [0.4, 0.5) is 4.39 Å². The van der Waals surface area contributed by atoms with Gasteiger partial charge in [-0.15, -0.1) is 0 Å². The lowest BCUT2D eigenvalue weighted by atomic mass is 10.1. The molecule has 2 aromatic rings. The summed E-state index contributed by atoms with van der Waals surface area (Å²) in [4.78, 5) is 23.6.